The third-order valence-corrected chi connectivity index (χ3v) is 1.52. The second kappa shape index (κ2) is 4.77. The number of rotatable bonds is 4. The molecular formula is C9H12FNO2. The maximum Gasteiger partial charge on any atom is 0.255 e. The highest BCUT2D eigenvalue weighted by Crippen LogP contribution is 2.12. The van der Waals surface area contributed by atoms with E-state index >= 15 is 0 Å². The van der Waals surface area contributed by atoms with Crippen molar-refractivity contribution in [2.24, 2.45) is 0 Å². The van der Waals surface area contributed by atoms with Gasteiger partial charge in [-0.2, -0.15) is 4.39 Å². The number of aliphatic hydroxyl groups is 1. The lowest BCUT2D eigenvalue weighted by Crippen LogP contribution is -2.08. The summed E-state index contributed by atoms with van der Waals surface area (Å²) in [7, 11) is 0. The molecule has 4 heteroatoms. The molecule has 1 atom stereocenters. The molecule has 13 heavy (non-hydrogen) atoms. The molecule has 0 aliphatic carbocycles. The van der Waals surface area contributed by atoms with Gasteiger partial charge in [0.1, 0.15) is 0 Å². The summed E-state index contributed by atoms with van der Waals surface area (Å²) in [6, 6.07) is 3.10. The summed E-state index contributed by atoms with van der Waals surface area (Å²) in [6.07, 6.45) is 1.41. The van der Waals surface area contributed by atoms with Gasteiger partial charge >= 0.3 is 0 Å². The van der Waals surface area contributed by atoms with Crippen LogP contribution >= 0.6 is 0 Å². The fourth-order valence-corrected chi connectivity index (χ4v) is 0.818. The fraction of sp³-hybridized carbons (Fsp3) is 0.444. The maximum atomic E-state index is 12.8. The van der Waals surface area contributed by atoms with Gasteiger partial charge in [0.2, 0.25) is 0 Å². The van der Waals surface area contributed by atoms with Gasteiger partial charge in [0, 0.05) is 12.6 Å². The predicted octanol–water partition coefficient (Wildman–Crippen LogP) is 1.37. The molecule has 0 aromatic carbocycles. The molecule has 1 aromatic heterocycles. The average Bonchev–Trinajstić information content (AvgIpc) is 2.08. The molecule has 3 nitrogen and oxygen atoms in total. The van der Waals surface area contributed by atoms with Gasteiger partial charge in [0.15, 0.2) is 5.75 Å². The van der Waals surface area contributed by atoms with Crippen LogP contribution in [-0.2, 0) is 0 Å². The summed E-state index contributed by atoms with van der Waals surface area (Å²) < 4.78 is 17.9. The van der Waals surface area contributed by atoms with E-state index < -0.39 is 12.1 Å². The largest absolute Gasteiger partial charge is 0.489 e. The van der Waals surface area contributed by atoms with E-state index in [9.17, 15) is 4.39 Å². The zero-order chi connectivity index (χ0) is 9.68. The molecule has 0 bridgehead atoms. The predicted molar refractivity (Wildman–Crippen MR) is 46.0 cm³/mol. The highest BCUT2D eigenvalue weighted by atomic mass is 19.1. The monoisotopic (exact) mass is 185 g/mol. The first-order valence-corrected chi connectivity index (χ1v) is 4.11. The lowest BCUT2D eigenvalue weighted by molar-refractivity contribution is 0.153. The van der Waals surface area contributed by atoms with Crippen LogP contribution in [0.4, 0.5) is 4.39 Å². The Morgan fingerprint density at radius 2 is 2.46 bits per heavy atom. The van der Waals surface area contributed by atoms with Crippen LogP contribution in [0.1, 0.15) is 13.3 Å². The minimum absolute atomic E-state index is 0.128. The van der Waals surface area contributed by atoms with E-state index in [0.29, 0.717) is 13.0 Å². The molecule has 0 spiro atoms. The molecule has 0 aliphatic rings. The number of hydrogen-bond acceptors (Lipinski definition) is 3. The van der Waals surface area contributed by atoms with Crippen molar-refractivity contribution in [1.29, 1.82) is 0 Å². The molecule has 0 saturated carbocycles. The quantitative estimate of drug-likeness (QED) is 0.720. The SMILES string of the molecule is CC(O)CCOc1cccnc1F. The van der Waals surface area contributed by atoms with E-state index in [1.54, 1.807) is 13.0 Å². The van der Waals surface area contributed by atoms with Crippen molar-refractivity contribution in [3.05, 3.63) is 24.3 Å². The third kappa shape index (κ3) is 3.38. The summed E-state index contributed by atoms with van der Waals surface area (Å²) in [4.78, 5) is 3.42. The normalized spacial score (nSPS) is 12.5. The van der Waals surface area contributed by atoms with Crippen molar-refractivity contribution in [2.45, 2.75) is 19.4 Å². The van der Waals surface area contributed by atoms with Gasteiger partial charge in [-0.1, -0.05) is 0 Å². The van der Waals surface area contributed by atoms with Crippen molar-refractivity contribution < 1.29 is 14.2 Å². The van der Waals surface area contributed by atoms with E-state index in [-0.39, 0.29) is 5.75 Å². The average molecular weight is 185 g/mol. The summed E-state index contributed by atoms with van der Waals surface area (Å²) in [5, 5.41) is 8.91. The molecule has 1 aromatic rings. The van der Waals surface area contributed by atoms with E-state index in [4.69, 9.17) is 9.84 Å². The van der Waals surface area contributed by atoms with Crippen molar-refractivity contribution in [2.75, 3.05) is 6.61 Å². The van der Waals surface area contributed by atoms with Crippen LogP contribution in [0.3, 0.4) is 0 Å². The Kier molecular flexibility index (Phi) is 3.64. The zero-order valence-corrected chi connectivity index (χ0v) is 7.40. The molecular weight excluding hydrogens is 173 g/mol. The molecule has 0 amide bonds. The number of hydrogen-bond donors (Lipinski definition) is 1. The fourth-order valence-electron chi connectivity index (χ4n) is 0.818. The Hall–Kier alpha value is -1.16. The smallest absolute Gasteiger partial charge is 0.255 e. The van der Waals surface area contributed by atoms with Crippen LogP contribution in [-0.4, -0.2) is 22.8 Å². The maximum absolute atomic E-state index is 12.8. The summed E-state index contributed by atoms with van der Waals surface area (Å²) >= 11 is 0. The molecule has 1 unspecified atom stereocenters. The van der Waals surface area contributed by atoms with Crippen molar-refractivity contribution in [3.63, 3.8) is 0 Å². The van der Waals surface area contributed by atoms with Gasteiger partial charge in [0.25, 0.3) is 5.95 Å². The second-order valence-corrected chi connectivity index (χ2v) is 2.78. The molecule has 1 N–H and O–H groups in total. The number of ether oxygens (including phenoxy) is 1. The van der Waals surface area contributed by atoms with Crippen LogP contribution in [0.25, 0.3) is 0 Å². The Balaban J connectivity index is 2.41. The Morgan fingerprint density at radius 3 is 3.08 bits per heavy atom. The topological polar surface area (TPSA) is 42.4 Å². The van der Waals surface area contributed by atoms with Gasteiger partial charge in [-0.15, -0.1) is 0 Å². The van der Waals surface area contributed by atoms with Crippen molar-refractivity contribution in [3.8, 4) is 5.75 Å². The lowest BCUT2D eigenvalue weighted by atomic mass is 10.3. The van der Waals surface area contributed by atoms with Crippen LogP contribution in [0.2, 0.25) is 0 Å². The summed E-state index contributed by atoms with van der Waals surface area (Å²) in [5.41, 5.74) is 0. The first-order valence-electron chi connectivity index (χ1n) is 4.11. The molecule has 0 saturated heterocycles. The van der Waals surface area contributed by atoms with Crippen LogP contribution in [0.15, 0.2) is 18.3 Å². The molecule has 0 radical (unpaired) electrons. The minimum Gasteiger partial charge on any atom is -0.489 e. The van der Waals surface area contributed by atoms with Gasteiger partial charge in [-0.05, 0) is 19.1 Å². The summed E-state index contributed by atoms with van der Waals surface area (Å²) in [5.74, 6) is -0.490. The first kappa shape index (κ1) is 9.92. The van der Waals surface area contributed by atoms with Crippen molar-refractivity contribution >= 4 is 0 Å². The van der Waals surface area contributed by atoms with Crippen LogP contribution in [0, 0.1) is 5.95 Å². The van der Waals surface area contributed by atoms with Gasteiger partial charge < -0.3 is 9.84 Å². The van der Waals surface area contributed by atoms with E-state index in [1.807, 2.05) is 0 Å². The number of halogens is 1. The molecule has 1 heterocycles. The van der Waals surface area contributed by atoms with Gasteiger partial charge in [0.05, 0.1) is 12.7 Å². The second-order valence-electron chi connectivity index (χ2n) is 2.78. The van der Waals surface area contributed by atoms with Gasteiger partial charge in [-0.3, -0.25) is 0 Å². The Bertz CT molecular complexity index is 266. The van der Waals surface area contributed by atoms with E-state index in [0.717, 1.165) is 0 Å². The highest BCUT2D eigenvalue weighted by molar-refractivity contribution is 5.17. The number of nitrogens with zero attached hydrogens (tertiary/aromatic N) is 1. The number of aromatic nitrogens is 1. The molecule has 1 rings (SSSR count). The van der Waals surface area contributed by atoms with Crippen LogP contribution < -0.4 is 4.74 Å². The van der Waals surface area contributed by atoms with Crippen LogP contribution in [0.5, 0.6) is 5.75 Å². The molecule has 0 aliphatic heterocycles. The first-order chi connectivity index (χ1) is 6.20. The van der Waals surface area contributed by atoms with E-state index in [1.165, 1.54) is 12.3 Å². The molecule has 72 valence electrons. The zero-order valence-electron chi connectivity index (χ0n) is 7.40. The van der Waals surface area contributed by atoms with Gasteiger partial charge in [-0.25, -0.2) is 4.98 Å². The standard InChI is InChI=1S/C9H12FNO2/c1-7(12)4-6-13-8-3-2-5-11-9(8)10/h2-3,5,7,12H,4,6H2,1H3. The lowest BCUT2D eigenvalue weighted by Gasteiger charge is -2.07. The highest BCUT2D eigenvalue weighted by Gasteiger charge is 2.03. The Morgan fingerprint density at radius 1 is 1.69 bits per heavy atom. The minimum atomic E-state index is -0.618. The van der Waals surface area contributed by atoms with Crippen molar-refractivity contribution in [1.82, 2.24) is 4.98 Å². The molecule has 0 fully saturated rings. The van der Waals surface area contributed by atoms with E-state index in [2.05, 4.69) is 4.98 Å². The number of aliphatic hydroxyl groups excluding tert-OH is 1. The Labute approximate surface area is 76.2 Å². The third-order valence-electron chi connectivity index (χ3n) is 1.52. The summed E-state index contributed by atoms with van der Waals surface area (Å²) in [6.45, 7) is 1.95. The number of pyridine rings is 1.